The Kier molecular flexibility index (Phi) is 3.83. The molecule has 2 aliphatic carbocycles. The maximum atomic E-state index is 5.31. The van der Waals surface area contributed by atoms with Crippen molar-refractivity contribution in [1.82, 2.24) is 5.32 Å². The van der Waals surface area contributed by atoms with E-state index in [1.807, 2.05) is 30.3 Å². The van der Waals surface area contributed by atoms with Crippen LogP contribution in [0.15, 0.2) is 42.5 Å². The van der Waals surface area contributed by atoms with Crippen LogP contribution in [0.5, 0.6) is 0 Å². The number of para-hydroxylation sites is 1. The fraction of sp³-hybridized carbons (Fsp3) is 0.438. The van der Waals surface area contributed by atoms with E-state index in [0.717, 1.165) is 35.1 Å². The molecule has 3 rings (SSSR count). The topological polar surface area (TPSA) is 24.1 Å². The quantitative estimate of drug-likeness (QED) is 0.647. The van der Waals surface area contributed by atoms with Crippen LogP contribution in [0.25, 0.3) is 0 Å². The summed E-state index contributed by atoms with van der Waals surface area (Å²) in [5.74, 6) is 2.56. The molecule has 0 radical (unpaired) electrons. The standard InChI is InChI=1S/C16H20N2S/c19-16(18-15-4-2-1-3-5-15)17-9-8-14-11-12-6-7-13(14)10-12/h1-7,12-14H,8-11H2,(H2,17,18,19). The van der Waals surface area contributed by atoms with Gasteiger partial charge in [-0.3, -0.25) is 0 Å². The molecule has 2 N–H and O–H groups in total. The summed E-state index contributed by atoms with van der Waals surface area (Å²) in [6.45, 7) is 0.973. The molecule has 2 nitrogen and oxygen atoms in total. The van der Waals surface area contributed by atoms with Gasteiger partial charge < -0.3 is 10.6 Å². The lowest BCUT2D eigenvalue weighted by molar-refractivity contribution is 0.416. The highest BCUT2D eigenvalue weighted by atomic mass is 32.1. The van der Waals surface area contributed by atoms with Gasteiger partial charge in [0, 0.05) is 12.2 Å². The number of allylic oxidation sites excluding steroid dienone is 2. The second-order valence-electron chi connectivity index (χ2n) is 5.58. The van der Waals surface area contributed by atoms with Crippen LogP contribution in [-0.2, 0) is 0 Å². The SMILES string of the molecule is S=C(NCCC1CC2C=CC1C2)Nc1ccccc1. The maximum Gasteiger partial charge on any atom is 0.170 e. The zero-order valence-electron chi connectivity index (χ0n) is 11.0. The minimum Gasteiger partial charge on any atom is -0.362 e. The predicted molar refractivity (Wildman–Crippen MR) is 84.1 cm³/mol. The lowest BCUT2D eigenvalue weighted by Crippen LogP contribution is -2.30. The third-order valence-corrected chi connectivity index (χ3v) is 4.50. The molecule has 0 amide bonds. The van der Waals surface area contributed by atoms with Gasteiger partial charge in [-0.15, -0.1) is 0 Å². The largest absolute Gasteiger partial charge is 0.362 e. The summed E-state index contributed by atoms with van der Waals surface area (Å²) in [6, 6.07) is 10.1. The number of nitrogens with one attached hydrogen (secondary N) is 2. The molecule has 1 saturated carbocycles. The summed E-state index contributed by atoms with van der Waals surface area (Å²) in [5, 5.41) is 7.25. The molecule has 2 bridgehead atoms. The molecule has 0 heterocycles. The fourth-order valence-corrected chi connectivity index (χ4v) is 3.51. The zero-order chi connectivity index (χ0) is 13.1. The van der Waals surface area contributed by atoms with E-state index in [2.05, 4.69) is 22.8 Å². The summed E-state index contributed by atoms with van der Waals surface area (Å²) >= 11 is 5.31. The Balaban J connectivity index is 1.38. The fourth-order valence-electron chi connectivity index (χ4n) is 3.29. The number of hydrogen-bond donors (Lipinski definition) is 2. The van der Waals surface area contributed by atoms with Crippen LogP contribution in [0.4, 0.5) is 5.69 Å². The molecule has 3 unspecified atom stereocenters. The molecule has 2 aliphatic rings. The Morgan fingerprint density at radius 2 is 2.00 bits per heavy atom. The summed E-state index contributed by atoms with van der Waals surface area (Å²) in [4.78, 5) is 0. The van der Waals surface area contributed by atoms with Crippen LogP contribution in [0.2, 0.25) is 0 Å². The third kappa shape index (κ3) is 3.16. The molecule has 0 aliphatic heterocycles. The molecule has 1 fully saturated rings. The van der Waals surface area contributed by atoms with Crippen LogP contribution in [0.1, 0.15) is 19.3 Å². The van der Waals surface area contributed by atoms with Crippen molar-refractivity contribution in [2.45, 2.75) is 19.3 Å². The summed E-state index contributed by atoms with van der Waals surface area (Å²) in [6.07, 6.45) is 8.80. The molecule has 100 valence electrons. The first-order chi connectivity index (χ1) is 9.31. The molecule has 1 aromatic carbocycles. The van der Waals surface area contributed by atoms with Crippen LogP contribution in [0.3, 0.4) is 0 Å². The van der Waals surface area contributed by atoms with Crippen molar-refractivity contribution in [1.29, 1.82) is 0 Å². The van der Waals surface area contributed by atoms with Gasteiger partial charge in [0.05, 0.1) is 0 Å². The molecule has 1 aromatic rings. The van der Waals surface area contributed by atoms with E-state index in [1.54, 1.807) is 0 Å². The van der Waals surface area contributed by atoms with Crippen LogP contribution >= 0.6 is 12.2 Å². The monoisotopic (exact) mass is 272 g/mol. The highest BCUT2D eigenvalue weighted by molar-refractivity contribution is 7.80. The van der Waals surface area contributed by atoms with Crippen molar-refractivity contribution in [3.63, 3.8) is 0 Å². The first kappa shape index (κ1) is 12.7. The lowest BCUT2D eigenvalue weighted by Gasteiger charge is -2.18. The van der Waals surface area contributed by atoms with Gasteiger partial charge in [-0.1, -0.05) is 30.4 Å². The van der Waals surface area contributed by atoms with E-state index >= 15 is 0 Å². The minimum atomic E-state index is 0.727. The number of benzene rings is 1. The van der Waals surface area contributed by atoms with Gasteiger partial charge in [-0.25, -0.2) is 0 Å². The number of rotatable bonds is 4. The van der Waals surface area contributed by atoms with E-state index < -0.39 is 0 Å². The Labute approximate surface area is 120 Å². The summed E-state index contributed by atoms with van der Waals surface area (Å²) in [5.41, 5.74) is 1.04. The highest BCUT2D eigenvalue weighted by Crippen LogP contribution is 2.44. The number of fused-ring (bicyclic) bond motifs is 2. The van der Waals surface area contributed by atoms with E-state index in [1.165, 1.54) is 19.3 Å². The highest BCUT2D eigenvalue weighted by Gasteiger charge is 2.34. The zero-order valence-corrected chi connectivity index (χ0v) is 11.8. The lowest BCUT2D eigenvalue weighted by atomic mass is 9.91. The average molecular weight is 272 g/mol. The first-order valence-electron chi connectivity index (χ1n) is 7.09. The van der Waals surface area contributed by atoms with Gasteiger partial charge in [0.25, 0.3) is 0 Å². The second kappa shape index (κ2) is 5.74. The molecule has 3 atom stereocenters. The third-order valence-electron chi connectivity index (χ3n) is 4.25. The molecule has 19 heavy (non-hydrogen) atoms. The molecule has 0 spiro atoms. The Morgan fingerprint density at radius 1 is 1.16 bits per heavy atom. The predicted octanol–water partition coefficient (Wildman–Crippen LogP) is 3.58. The van der Waals surface area contributed by atoms with Crippen LogP contribution in [0, 0.1) is 17.8 Å². The van der Waals surface area contributed by atoms with Crippen LogP contribution < -0.4 is 10.6 Å². The smallest absolute Gasteiger partial charge is 0.170 e. The van der Waals surface area contributed by atoms with Gasteiger partial charge in [0.1, 0.15) is 0 Å². The van der Waals surface area contributed by atoms with Crippen molar-refractivity contribution in [2.75, 3.05) is 11.9 Å². The first-order valence-corrected chi connectivity index (χ1v) is 7.50. The van der Waals surface area contributed by atoms with Crippen molar-refractivity contribution >= 4 is 23.0 Å². The molecular formula is C16H20N2S. The van der Waals surface area contributed by atoms with Crippen molar-refractivity contribution < 1.29 is 0 Å². The second-order valence-corrected chi connectivity index (χ2v) is 5.98. The van der Waals surface area contributed by atoms with E-state index in [9.17, 15) is 0 Å². The van der Waals surface area contributed by atoms with Crippen molar-refractivity contribution in [2.24, 2.45) is 17.8 Å². The number of thiocarbonyl (C=S) groups is 1. The van der Waals surface area contributed by atoms with E-state index in [0.29, 0.717) is 0 Å². The average Bonchev–Trinajstić information content (AvgIpc) is 3.02. The Hall–Kier alpha value is -1.35. The summed E-state index contributed by atoms with van der Waals surface area (Å²) in [7, 11) is 0. The molecule has 3 heteroatoms. The van der Waals surface area contributed by atoms with E-state index in [4.69, 9.17) is 12.2 Å². The van der Waals surface area contributed by atoms with Crippen LogP contribution in [-0.4, -0.2) is 11.7 Å². The van der Waals surface area contributed by atoms with E-state index in [-0.39, 0.29) is 0 Å². The van der Waals surface area contributed by atoms with Gasteiger partial charge in [-0.05, 0) is 61.4 Å². The maximum absolute atomic E-state index is 5.31. The minimum absolute atomic E-state index is 0.727. The van der Waals surface area contributed by atoms with Gasteiger partial charge >= 0.3 is 0 Å². The normalized spacial score (nSPS) is 27.5. The van der Waals surface area contributed by atoms with Gasteiger partial charge in [0.15, 0.2) is 5.11 Å². The van der Waals surface area contributed by atoms with Gasteiger partial charge in [0.2, 0.25) is 0 Å². The molecular weight excluding hydrogens is 252 g/mol. The van der Waals surface area contributed by atoms with Crippen molar-refractivity contribution in [3.05, 3.63) is 42.5 Å². The Bertz CT molecular complexity index is 469. The van der Waals surface area contributed by atoms with Crippen molar-refractivity contribution in [3.8, 4) is 0 Å². The molecule has 0 aromatic heterocycles. The number of hydrogen-bond acceptors (Lipinski definition) is 1. The molecule has 0 saturated heterocycles. The summed E-state index contributed by atoms with van der Waals surface area (Å²) < 4.78 is 0. The Morgan fingerprint density at radius 3 is 2.68 bits per heavy atom. The number of anilines is 1. The van der Waals surface area contributed by atoms with Gasteiger partial charge in [-0.2, -0.15) is 0 Å².